The van der Waals surface area contributed by atoms with E-state index in [2.05, 4.69) is 18.7 Å². The van der Waals surface area contributed by atoms with E-state index in [1.807, 2.05) is 0 Å². The molecule has 2 aliphatic carbocycles. The van der Waals surface area contributed by atoms with Crippen molar-refractivity contribution in [2.75, 3.05) is 13.1 Å². The van der Waals surface area contributed by atoms with E-state index in [0.717, 1.165) is 19.0 Å². The van der Waals surface area contributed by atoms with Crippen LogP contribution in [0, 0.1) is 5.41 Å². The number of hydrogen-bond donors (Lipinski definition) is 1. The maximum absolute atomic E-state index is 10.3. The van der Waals surface area contributed by atoms with Crippen LogP contribution in [0.25, 0.3) is 0 Å². The van der Waals surface area contributed by atoms with Gasteiger partial charge in [0, 0.05) is 19.1 Å². The third-order valence-electron chi connectivity index (χ3n) is 4.33. The number of aliphatic hydroxyl groups excluding tert-OH is 1. The molecule has 1 N–H and O–H groups in total. The third-order valence-corrected chi connectivity index (χ3v) is 4.33. The molecule has 1 heterocycles. The average molecular weight is 207 g/mol. The summed E-state index contributed by atoms with van der Waals surface area (Å²) >= 11 is 0. The standard InChI is InChI=1S/C13H21NO/c1-13(2)7-9-5-6-14(10-3-4-10)8-11(9)12(13)15/h10,12,15H,3-8H2,1-2H3. The SMILES string of the molecule is CC1(C)CC2=C(CN(C3CC3)CC2)C1O. The van der Waals surface area contributed by atoms with E-state index in [0.29, 0.717) is 0 Å². The molecule has 0 saturated heterocycles. The summed E-state index contributed by atoms with van der Waals surface area (Å²) in [6.45, 7) is 6.66. The van der Waals surface area contributed by atoms with E-state index in [4.69, 9.17) is 0 Å². The largest absolute Gasteiger partial charge is 0.388 e. The Hall–Kier alpha value is -0.340. The Morgan fingerprint density at radius 1 is 1.33 bits per heavy atom. The van der Waals surface area contributed by atoms with E-state index < -0.39 is 0 Å². The molecular weight excluding hydrogens is 186 g/mol. The second-order valence-electron chi connectivity index (χ2n) is 6.15. The van der Waals surface area contributed by atoms with Gasteiger partial charge in [-0.25, -0.2) is 0 Å². The van der Waals surface area contributed by atoms with Gasteiger partial charge >= 0.3 is 0 Å². The fourth-order valence-corrected chi connectivity index (χ4v) is 3.20. The fraction of sp³-hybridized carbons (Fsp3) is 0.846. The Labute approximate surface area is 92.0 Å². The summed E-state index contributed by atoms with van der Waals surface area (Å²) in [5.41, 5.74) is 3.01. The third kappa shape index (κ3) is 1.55. The molecule has 0 bridgehead atoms. The predicted octanol–water partition coefficient (Wildman–Crippen LogP) is 1.94. The van der Waals surface area contributed by atoms with Gasteiger partial charge in [0.25, 0.3) is 0 Å². The first-order valence-electron chi connectivity index (χ1n) is 6.21. The monoisotopic (exact) mass is 207 g/mol. The molecule has 2 heteroatoms. The first-order valence-corrected chi connectivity index (χ1v) is 6.21. The van der Waals surface area contributed by atoms with Crippen LogP contribution in [-0.2, 0) is 0 Å². The van der Waals surface area contributed by atoms with Gasteiger partial charge in [0.2, 0.25) is 0 Å². The normalized spacial score (nSPS) is 35.8. The van der Waals surface area contributed by atoms with Crippen molar-refractivity contribution in [1.82, 2.24) is 4.90 Å². The van der Waals surface area contributed by atoms with Gasteiger partial charge in [-0.15, -0.1) is 0 Å². The zero-order valence-electron chi connectivity index (χ0n) is 9.79. The van der Waals surface area contributed by atoms with Gasteiger partial charge in [0.05, 0.1) is 6.10 Å². The van der Waals surface area contributed by atoms with Gasteiger partial charge < -0.3 is 5.11 Å². The predicted molar refractivity (Wildman–Crippen MR) is 60.6 cm³/mol. The number of aliphatic hydroxyl groups is 1. The lowest BCUT2D eigenvalue weighted by molar-refractivity contribution is 0.0909. The Bertz CT molecular complexity index is 314. The Balaban J connectivity index is 1.80. The number of hydrogen-bond acceptors (Lipinski definition) is 2. The van der Waals surface area contributed by atoms with Crippen LogP contribution in [0.1, 0.15) is 39.5 Å². The molecule has 1 unspecified atom stereocenters. The quantitative estimate of drug-likeness (QED) is 0.664. The molecular formula is C13H21NO. The van der Waals surface area contributed by atoms with Crippen LogP contribution in [0.4, 0.5) is 0 Å². The molecule has 0 aromatic heterocycles. The molecule has 0 spiro atoms. The van der Waals surface area contributed by atoms with Gasteiger partial charge in [-0.3, -0.25) is 4.90 Å². The Morgan fingerprint density at radius 2 is 2.07 bits per heavy atom. The summed E-state index contributed by atoms with van der Waals surface area (Å²) in [6.07, 6.45) is 4.88. The molecule has 1 fully saturated rings. The minimum absolute atomic E-state index is 0.0875. The van der Waals surface area contributed by atoms with Crippen molar-refractivity contribution in [1.29, 1.82) is 0 Å². The number of nitrogens with zero attached hydrogens (tertiary/aromatic N) is 1. The lowest BCUT2D eigenvalue weighted by atomic mass is 9.86. The maximum Gasteiger partial charge on any atom is 0.0819 e. The molecule has 0 radical (unpaired) electrons. The highest BCUT2D eigenvalue weighted by Gasteiger charge is 2.43. The topological polar surface area (TPSA) is 23.5 Å². The number of rotatable bonds is 1. The Kier molecular flexibility index (Phi) is 2.02. The van der Waals surface area contributed by atoms with Gasteiger partial charge in [0.15, 0.2) is 0 Å². The van der Waals surface area contributed by atoms with Gasteiger partial charge in [-0.05, 0) is 36.7 Å². The van der Waals surface area contributed by atoms with E-state index in [1.54, 1.807) is 5.57 Å². The van der Waals surface area contributed by atoms with Gasteiger partial charge in [-0.1, -0.05) is 19.4 Å². The van der Waals surface area contributed by atoms with Gasteiger partial charge in [0.1, 0.15) is 0 Å². The first kappa shape index (κ1) is 9.86. The molecule has 2 nitrogen and oxygen atoms in total. The van der Waals surface area contributed by atoms with E-state index >= 15 is 0 Å². The summed E-state index contributed by atoms with van der Waals surface area (Å²) < 4.78 is 0. The van der Waals surface area contributed by atoms with E-state index in [1.165, 1.54) is 31.4 Å². The van der Waals surface area contributed by atoms with Crippen molar-refractivity contribution in [3.63, 3.8) is 0 Å². The highest BCUT2D eigenvalue weighted by Crippen LogP contribution is 2.45. The van der Waals surface area contributed by atoms with Crippen molar-refractivity contribution in [2.45, 2.75) is 51.7 Å². The zero-order valence-corrected chi connectivity index (χ0v) is 9.79. The van der Waals surface area contributed by atoms with Crippen LogP contribution in [0.2, 0.25) is 0 Å². The highest BCUT2D eigenvalue weighted by molar-refractivity contribution is 5.32. The fourth-order valence-electron chi connectivity index (χ4n) is 3.20. The molecule has 84 valence electrons. The molecule has 0 aromatic carbocycles. The van der Waals surface area contributed by atoms with Crippen LogP contribution < -0.4 is 0 Å². The van der Waals surface area contributed by atoms with E-state index in [9.17, 15) is 5.11 Å². The average Bonchev–Trinajstić information content (AvgIpc) is 2.97. The lowest BCUT2D eigenvalue weighted by Gasteiger charge is -2.30. The molecule has 1 atom stereocenters. The summed E-state index contributed by atoms with van der Waals surface area (Å²) in [4.78, 5) is 2.57. The summed E-state index contributed by atoms with van der Waals surface area (Å²) in [7, 11) is 0. The van der Waals surface area contributed by atoms with Crippen LogP contribution in [0.5, 0.6) is 0 Å². The molecule has 3 aliphatic rings. The molecule has 0 amide bonds. The van der Waals surface area contributed by atoms with Crippen LogP contribution in [0.3, 0.4) is 0 Å². The Morgan fingerprint density at radius 3 is 2.73 bits per heavy atom. The molecule has 1 aliphatic heterocycles. The highest BCUT2D eigenvalue weighted by atomic mass is 16.3. The molecule has 1 saturated carbocycles. The molecule has 15 heavy (non-hydrogen) atoms. The molecule has 0 aromatic rings. The van der Waals surface area contributed by atoms with Crippen molar-refractivity contribution in [2.24, 2.45) is 5.41 Å². The smallest absolute Gasteiger partial charge is 0.0819 e. The second-order valence-corrected chi connectivity index (χ2v) is 6.15. The second kappa shape index (κ2) is 3.08. The first-order chi connectivity index (χ1) is 7.08. The van der Waals surface area contributed by atoms with Crippen molar-refractivity contribution in [3.8, 4) is 0 Å². The zero-order chi connectivity index (χ0) is 10.6. The minimum atomic E-state index is -0.186. The summed E-state index contributed by atoms with van der Waals surface area (Å²) in [5.74, 6) is 0. The van der Waals surface area contributed by atoms with Gasteiger partial charge in [-0.2, -0.15) is 0 Å². The van der Waals surface area contributed by atoms with Crippen LogP contribution in [0.15, 0.2) is 11.1 Å². The maximum atomic E-state index is 10.3. The van der Waals surface area contributed by atoms with Crippen molar-refractivity contribution in [3.05, 3.63) is 11.1 Å². The van der Waals surface area contributed by atoms with Crippen LogP contribution in [-0.4, -0.2) is 35.2 Å². The molecule has 3 rings (SSSR count). The van der Waals surface area contributed by atoms with Crippen molar-refractivity contribution >= 4 is 0 Å². The lowest BCUT2D eigenvalue weighted by Crippen LogP contribution is -2.36. The van der Waals surface area contributed by atoms with E-state index in [-0.39, 0.29) is 11.5 Å². The summed E-state index contributed by atoms with van der Waals surface area (Å²) in [5, 5.41) is 10.3. The summed E-state index contributed by atoms with van der Waals surface area (Å²) in [6, 6.07) is 0.843. The van der Waals surface area contributed by atoms with Crippen LogP contribution >= 0.6 is 0 Å². The minimum Gasteiger partial charge on any atom is -0.388 e. The van der Waals surface area contributed by atoms with Crippen molar-refractivity contribution < 1.29 is 5.11 Å².